The number of halogens is 1. The number of hydrogen-bond acceptors (Lipinski definition) is 1. The van der Waals surface area contributed by atoms with Crippen LogP contribution < -0.4 is 34.6 Å². The SMILES string of the molecule is [I-].c1ccc2c(c1)CNC(=[N+]1CCOCC1)N2. The Bertz CT molecular complexity index is 426. The summed E-state index contributed by atoms with van der Waals surface area (Å²) >= 11 is 0. The highest BCUT2D eigenvalue weighted by Crippen LogP contribution is 2.17. The first-order chi connectivity index (χ1) is 7.93. The second-order valence-corrected chi connectivity index (χ2v) is 4.08. The van der Waals surface area contributed by atoms with E-state index in [1.54, 1.807) is 0 Å². The van der Waals surface area contributed by atoms with Crippen molar-refractivity contribution in [3.8, 4) is 0 Å². The zero-order valence-corrected chi connectivity index (χ0v) is 11.7. The number of fused-ring (bicyclic) bond motifs is 1. The first-order valence-electron chi connectivity index (χ1n) is 5.72. The summed E-state index contributed by atoms with van der Waals surface area (Å²) in [5.41, 5.74) is 2.53. The molecule has 0 aromatic heterocycles. The van der Waals surface area contributed by atoms with Crippen LogP contribution in [0.3, 0.4) is 0 Å². The molecule has 2 heterocycles. The van der Waals surface area contributed by atoms with Crippen LogP contribution >= 0.6 is 0 Å². The summed E-state index contributed by atoms with van der Waals surface area (Å²) in [6, 6.07) is 8.40. The molecule has 0 atom stereocenters. The van der Waals surface area contributed by atoms with Crippen LogP contribution in [0.25, 0.3) is 0 Å². The fraction of sp³-hybridized carbons (Fsp3) is 0.417. The van der Waals surface area contributed by atoms with Crippen molar-refractivity contribution < 1.29 is 33.3 Å². The fourth-order valence-corrected chi connectivity index (χ4v) is 2.12. The third kappa shape index (κ3) is 2.71. The van der Waals surface area contributed by atoms with E-state index in [0.717, 1.165) is 38.8 Å². The maximum atomic E-state index is 5.35. The molecule has 2 aliphatic rings. The molecule has 1 aromatic carbocycles. The Balaban J connectivity index is 0.00000108. The third-order valence-corrected chi connectivity index (χ3v) is 3.04. The minimum atomic E-state index is 0. The van der Waals surface area contributed by atoms with Crippen LogP contribution in [0.4, 0.5) is 5.69 Å². The predicted molar refractivity (Wildman–Crippen MR) is 62.7 cm³/mol. The molecule has 0 unspecified atom stereocenters. The molecule has 1 fully saturated rings. The molecule has 1 aromatic rings. The van der Waals surface area contributed by atoms with Gasteiger partial charge in [-0.15, -0.1) is 0 Å². The zero-order valence-electron chi connectivity index (χ0n) is 9.58. The van der Waals surface area contributed by atoms with E-state index in [0.29, 0.717) is 0 Å². The monoisotopic (exact) mass is 345 g/mol. The van der Waals surface area contributed by atoms with Gasteiger partial charge in [0, 0.05) is 5.56 Å². The highest BCUT2D eigenvalue weighted by Gasteiger charge is 2.22. The topological polar surface area (TPSA) is 36.3 Å². The molecular weight excluding hydrogens is 329 g/mol. The Morgan fingerprint density at radius 3 is 2.71 bits per heavy atom. The molecule has 0 bridgehead atoms. The zero-order chi connectivity index (χ0) is 10.8. The van der Waals surface area contributed by atoms with Crippen molar-refractivity contribution in [3.05, 3.63) is 29.8 Å². The number of morpholine rings is 1. The number of nitrogens with zero attached hydrogens (tertiary/aromatic N) is 1. The molecule has 0 amide bonds. The van der Waals surface area contributed by atoms with E-state index in [1.165, 1.54) is 11.3 Å². The molecular formula is C12H16IN3O. The van der Waals surface area contributed by atoms with Crippen LogP contribution in [-0.2, 0) is 11.3 Å². The number of anilines is 1. The summed E-state index contributed by atoms with van der Waals surface area (Å²) in [5.74, 6) is 1.11. The van der Waals surface area contributed by atoms with Gasteiger partial charge in [-0.1, -0.05) is 18.2 Å². The molecule has 2 aliphatic heterocycles. The minimum Gasteiger partial charge on any atom is -1.00 e. The van der Waals surface area contributed by atoms with Gasteiger partial charge >= 0.3 is 5.96 Å². The van der Waals surface area contributed by atoms with Crippen molar-refractivity contribution in [2.75, 3.05) is 31.6 Å². The lowest BCUT2D eigenvalue weighted by atomic mass is 10.1. The fourth-order valence-electron chi connectivity index (χ4n) is 2.12. The smallest absolute Gasteiger partial charge is 0.351 e. The Morgan fingerprint density at radius 1 is 1.12 bits per heavy atom. The molecule has 0 saturated carbocycles. The lowest BCUT2D eigenvalue weighted by molar-refractivity contribution is -0.551. The van der Waals surface area contributed by atoms with Crippen LogP contribution in [0.2, 0.25) is 0 Å². The molecule has 3 rings (SSSR count). The summed E-state index contributed by atoms with van der Waals surface area (Å²) in [4.78, 5) is 0. The van der Waals surface area contributed by atoms with E-state index >= 15 is 0 Å². The summed E-state index contributed by atoms with van der Waals surface area (Å²) in [7, 11) is 0. The van der Waals surface area contributed by atoms with Crippen molar-refractivity contribution in [2.24, 2.45) is 0 Å². The average molecular weight is 345 g/mol. The van der Waals surface area contributed by atoms with Gasteiger partial charge in [-0.3, -0.25) is 9.89 Å². The summed E-state index contributed by atoms with van der Waals surface area (Å²) < 4.78 is 7.65. The average Bonchev–Trinajstić information content (AvgIpc) is 2.39. The molecule has 92 valence electrons. The van der Waals surface area contributed by atoms with Crippen molar-refractivity contribution in [1.82, 2.24) is 5.32 Å². The van der Waals surface area contributed by atoms with Crippen LogP contribution in [0.1, 0.15) is 5.56 Å². The van der Waals surface area contributed by atoms with Gasteiger partial charge in [0.05, 0.1) is 32.8 Å². The molecule has 1 saturated heterocycles. The van der Waals surface area contributed by atoms with E-state index < -0.39 is 0 Å². The number of nitrogens with one attached hydrogen (secondary N) is 2. The van der Waals surface area contributed by atoms with Gasteiger partial charge in [-0.05, 0) is 6.07 Å². The standard InChI is InChI=1S/C12H15N3O.HI/c1-2-4-11-10(3-1)9-13-12(14-11)15-5-7-16-8-6-15;/h1-4H,5-9H2,(H,13,14);1H. The van der Waals surface area contributed by atoms with Gasteiger partial charge in [0.2, 0.25) is 0 Å². The van der Waals surface area contributed by atoms with Gasteiger partial charge < -0.3 is 28.7 Å². The lowest BCUT2D eigenvalue weighted by Crippen LogP contribution is -3.00. The highest BCUT2D eigenvalue weighted by atomic mass is 127. The Kier molecular flexibility index (Phi) is 4.22. The van der Waals surface area contributed by atoms with E-state index in [-0.39, 0.29) is 24.0 Å². The van der Waals surface area contributed by atoms with E-state index in [9.17, 15) is 0 Å². The van der Waals surface area contributed by atoms with Gasteiger partial charge in [-0.2, -0.15) is 0 Å². The number of ether oxygens (including phenoxy) is 1. The number of hydrogen-bond donors (Lipinski definition) is 2. The molecule has 2 N–H and O–H groups in total. The first-order valence-corrected chi connectivity index (χ1v) is 5.72. The van der Waals surface area contributed by atoms with Gasteiger partial charge in [0.25, 0.3) is 0 Å². The molecule has 17 heavy (non-hydrogen) atoms. The van der Waals surface area contributed by atoms with Crippen LogP contribution in [0.15, 0.2) is 24.3 Å². The van der Waals surface area contributed by atoms with Gasteiger partial charge in [0.15, 0.2) is 0 Å². The summed E-state index contributed by atoms with van der Waals surface area (Å²) in [5, 5.41) is 6.86. The molecule has 5 heteroatoms. The molecule has 0 radical (unpaired) electrons. The maximum absolute atomic E-state index is 5.35. The lowest BCUT2D eigenvalue weighted by Gasteiger charge is -2.22. The van der Waals surface area contributed by atoms with Crippen molar-refractivity contribution in [1.29, 1.82) is 0 Å². The van der Waals surface area contributed by atoms with E-state index in [4.69, 9.17) is 4.74 Å². The van der Waals surface area contributed by atoms with Gasteiger partial charge in [0.1, 0.15) is 5.69 Å². The van der Waals surface area contributed by atoms with Gasteiger partial charge in [-0.25, -0.2) is 5.32 Å². The highest BCUT2D eigenvalue weighted by molar-refractivity contribution is 5.92. The summed E-state index contributed by atoms with van der Waals surface area (Å²) in [6.45, 7) is 4.44. The van der Waals surface area contributed by atoms with Crippen LogP contribution in [0.5, 0.6) is 0 Å². The quantitative estimate of drug-likeness (QED) is 0.407. The summed E-state index contributed by atoms with van der Waals surface area (Å²) in [6.07, 6.45) is 0. The van der Waals surface area contributed by atoms with E-state index in [2.05, 4.69) is 39.5 Å². The van der Waals surface area contributed by atoms with Crippen molar-refractivity contribution in [2.45, 2.75) is 6.54 Å². The number of guanidine groups is 1. The Labute approximate surface area is 118 Å². The van der Waals surface area contributed by atoms with Crippen molar-refractivity contribution >= 4 is 11.6 Å². The van der Waals surface area contributed by atoms with E-state index in [1.807, 2.05) is 0 Å². The normalized spacial score (nSPS) is 18.6. The first kappa shape index (κ1) is 12.6. The second kappa shape index (κ2) is 5.68. The Hall–Kier alpha value is -0.820. The predicted octanol–water partition coefficient (Wildman–Crippen LogP) is -2.40. The number of para-hydroxylation sites is 1. The Morgan fingerprint density at radius 2 is 1.88 bits per heavy atom. The van der Waals surface area contributed by atoms with Crippen molar-refractivity contribution in [3.63, 3.8) is 0 Å². The second-order valence-electron chi connectivity index (χ2n) is 4.08. The van der Waals surface area contributed by atoms with Crippen LogP contribution in [-0.4, -0.2) is 36.8 Å². The minimum absolute atomic E-state index is 0. The molecule has 0 aliphatic carbocycles. The third-order valence-electron chi connectivity index (χ3n) is 3.04. The number of benzene rings is 1. The largest absolute Gasteiger partial charge is 1.00 e. The van der Waals surface area contributed by atoms with Crippen LogP contribution in [0, 0.1) is 0 Å². The molecule has 4 nitrogen and oxygen atoms in total. The molecule has 0 spiro atoms. The number of rotatable bonds is 0. The maximum Gasteiger partial charge on any atom is 0.351 e.